The molecule has 1 atom stereocenters. The summed E-state index contributed by atoms with van der Waals surface area (Å²) in [5.74, 6) is -0.944. The number of hydrogen-bond donors (Lipinski definition) is 0. The summed E-state index contributed by atoms with van der Waals surface area (Å²) in [6.07, 6.45) is 5.00. The predicted molar refractivity (Wildman–Crippen MR) is 137 cm³/mol. The summed E-state index contributed by atoms with van der Waals surface area (Å²) >= 11 is 1.65. The van der Waals surface area contributed by atoms with Crippen molar-refractivity contribution in [1.82, 2.24) is 9.88 Å². The molecule has 1 fully saturated rings. The first-order chi connectivity index (χ1) is 16.8. The molecule has 1 amide bonds. The Labute approximate surface area is 208 Å². The fourth-order valence-corrected chi connectivity index (χ4v) is 7.30. The van der Waals surface area contributed by atoms with E-state index in [0.29, 0.717) is 29.3 Å². The van der Waals surface area contributed by atoms with Crippen molar-refractivity contribution >= 4 is 55.6 Å². The van der Waals surface area contributed by atoms with E-state index in [9.17, 15) is 18.0 Å². The molecule has 2 aliphatic rings. The number of esters is 1. The predicted octanol–water partition coefficient (Wildman–Crippen LogP) is 3.98. The number of pyridine rings is 1. The average Bonchev–Trinajstić information content (AvgIpc) is 3.49. The molecule has 0 spiro atoms. The quantitative estimate of drug-likeness (QED) is 0.482. The molecule has 0 bridgehead atoms. The van der Waals surface area contributed by atoms with Crippen molar-refractivity contribution in [3.63, 3.8) is 0 Å². The van der Waals surface area contributed by atoms with Crippen molar-refractivity contribution in [1.29, 1.82) is 0 Å². The van der Waals surface area contributed by atoms with Gasteiger partial charge in [-0.2, -0.15) is 0 Å². The maximum atomic E-state index is 13.4. The molecule has 1 saturated heterocycles. The number of carbonyl (C=O) groups excluding carboxylic acids is 2. The van der Waals surface area contributed by atoms with Crippen LogP contribution in [0.4, 0.5) is 0 Å². The van der Waals surface area contributed by atoms with E-state index in [1.807, 2.05) is 35.7 Å². The Kier molecular flexibility index (Phi) is 6.46. The van der Waals surface area contributed by atoms with Crippen LogP contribution in [0.1, 0.15) is 45.8 Å². The molecule has 182 valence electrons. The zero-order valence-electron chi connectivity index (χ0n) is 19.4. The number of nitrogens with zero attached hydrogens (tertiary/aromatic N) is 2. The third-order valence-electron chi connectivity index (χ3n) is 6.71. The van der Waals surface area contributed by atoms with Gasteiger partial charge in [0, 0.05) is 23.4 Å². The number of carbonyl (C=O) groups is 2. The Balaban J connectivity index is 1.44. The van der Waals surface area contributed by atoms with Crippen LogP contribution in [0.5, 0.6) is 0 Å². The number of allylic oxidation sites excluding steroid dienone is 1. The molecule has 9 heteroatoms. The number of sulfone groups is 1. The molecule has 7 nitrogen and oxygen atoms in total. The van der Waals surface area contributed by atoms with E-state index in [-0.39, 0.29) is 17.5 Å². The number of para-hydroxylation sites is 1. The van der Waals surface area contributed by atoms with Crippen LogP contribution in [-0.2, 0) is 25.8 Å². The third kappa shape index (κ3) is 4.88. The number of rotatable bonds is 5. The van der Waals surface area contributed by atoms with Gasteiger partial charge in [0.2, 0.25) is 0 Å². The average molecular weight is 511 g/mol. The number of thiophene rings is 1. The Morgan fingerprint density at radius 2 is 2.03 bits per heavy atom. The van der Waals surface area contributed by atoms with Crippen LogP contribution in [0.25, 0.3) is 22.6 Å². The van der Waals surface area contributed by atoms with Gasteiger partial charge < -0.3 is 9.64 Å². The van der Waals surface area contributed by atoms with Gasteiger partial charge in [-0.25, -0.2) is 18.2 Å². The van der Waals surface area contributed by atoms with Crippen molar-refractivity contribution in [3.05, 3.63) is 63.5 Å². The molecule has 1 aliphatic carbocycles. The zero-order valence-corrected chi connectivity index (χ0v) is 21.0. The maximum Gasteiger partial charge on any atom is 0.339 e. The first-order valence-electron chi connectivity index (χ1n) is 11.6. The van der Waals surface area contributed by atoms with Crippen molar-refractivity contribution in [2.45, 2.75) is 31.7 Å². The summed E-state index contributed by atoms with van der Waals surface area (Å²) in [5.41, 5.74) is 3.92. The van der Waals surface area contributed by atoms with Crippen LogP contribution in [0.2, 0.25) is 0 Å². The van der Waals surface area contributed by atoms with Gasteiger partial charge in [-0.05, 0) is 60.4 Å². The molecular weight excluding hydrogens is 484 g/mol. The lowest BCUT2D eigenvalue weighted by atomic mass is 9.86. The summed E-state index contributed by atoms with van der Waals surface area (Å²) in [5, 5.41) is 2.73. The van der Waals surface area contributed by atoms with Crippen molar-refractivity contribution in [2.24, 2.45) is 0 Å². The highest BCUT2D eigenvalue weighted by Crippen LogP contribution is 2.36. The zero-order chi connectivity index (χ0) is 24.6. The van der Waals surface area contributed by atoms with E-state index in [4.69, 9.17) is 9.72 Å². The standard InChI is InChI=1S/C26H26N2O5S2/c1-28(18-11-13-35(31,32)16-18)23(29)15-33-26(30)24-20-8-2-3-10-22(20)27-25-17(6-4-9-21(24)25)14-19-7-5-12-34-19/h2-3,5,7-8,10,12,14,18H,4,6,9,11,13,15-16H2,1H3/b17-14-. The third-order valence-corrected chi connectivity index (χ3v) is 9.28. The van der Waals surface area contributed by atoms with Gasteiger partial charge in [-0.15, -0.1) is 11.3 Å². The molecule has 1 aliphatic heterocycles. The normalized spacial score (nSPS) is 20.0. The summed E-state index contributed by atoms with van der Waals surface area (Å²) in [4.78, 5) is 33.5. The van der Waals surface area contributed by atoms with Crippen LogP contribution in [0.3, 0.4) is 0 Å². The Hall–Kier alpha value is -3.04. The fourth-order valence-electron chi connectivity index (χ4n) is 4.84. The van der Waals surface area contributed by atoms with Crippen LogP contribution in [-0.4, -0.2) is 61.4 Å². The SMILES string of the molecule is CN(C(=O)COC(=O)c1c2c(nc3ccccc13)/C(=C\c1cccs1)CCC2)C1CCS(=O)(=O)C1. The molecule has 0 N–H and O–H groups in total. The van der Waals surface area contributed by atoms with E-state index < -0.39 is 28.3 Å². The highest BCUT2D eigenvalue weighted by molar-refractivity contribution is 7.91. The Bertz CT molecular complexity index is 1430. The molecule has 1 unspecified atom stereocenters. The van der Waals surface area contributed by atoms with Crippen molar-refractivity contribution in [3.8, 4) is 0 Å². The molecule has 3 aromatic rings. The molecule has 0 saturated carbocycles. The lowest BCUT2D eigenvalue weighted by Gasteiger charge is -2.24. The van der Waals surface area contributed by atoms with Crippen LogP contribution in [0, 0.1) is 0 Å². The monoisotopic (exact) mass is 510 g/mol. The van der Waals surface area contributed by atoms with Crippen LogP contribution in [0.15, 0.2) is 41.8 Å². The summed E-state index contributed by atoms with van der Waals surface area (Å²) in [6.45, 7) is -0.435. The van der Waals surface area contributed by atoms with Crippen LogP contribution < -0.4 is 0 Å². The van der Waals surface area contributed by atoms with Gasteiger partial charge in [0.25, 0.3) is 5.91 Å². The van der Waals surface area contributed by atoms with Gasteiger partial charge in [-0.3, -0.25) is 4.79 Å². The first-order valence-corrected chi connectivity index (χ1v) is 14.3. The number of aromatic nitrogens is 1. The Morgan fingerprint density at radius 3 is 2.77 bits per heavy atom. The molecule has 2 aromatic heterocycles. The molecule has 3 heterocycles. The smallest absolute Gasteiger partial charge is 0.339 e. The minimum absolute atomic E-state index is 0.0506. The second-order valence-electron chi connectivity index (χ2n) is 9.01. The molecule has 35 heavy (non-hydrogen) atoms. The fraction of sp³-hybridized carbons (Fsp3) is 0.346. The molecule has 1 aromatic carbocycles. The van der Waals surface area contributed by atoms with Gasteiger partial charge in [0.1, 0.15) is 0 Å². The van der Waals surface area contributed by atoms with Crippen molar-refractivity contribution < 1.29 is 22.7 Å². The first kappa shape index (κ1) is 23.7. The van der Waals surface area contributed by atoms with Gasteiger partial charge in [0.15, 0.2) is 16.4 Å². The summed E-state index contributed by atoms with van der Waals surface area (Å²) in [6, 6.07) is 11.2. The second kappa shape index (κ2) is 9.54. The molecular formula is C26H26N2O5S2. The van der Waals surface area contributed by atoms with E-state index in [1.165, 1.54) is 4.90 Å². The minimum Gasteiger partial charge on any atom is -0.452 e. The Morgan fingerprint density at radius 1 is 1.20 bits per heavy atom. The number of amides is 1. The number of benzene rings is 1. The lowest BCUT2D eigenvalue weighted by molar-refractivity contribution is -0.134. The maximum absolute atomic E-state index is 13.4. The topological polar surface area (TPSA) is 93.6 Å². The van der Waals surface area contributed by atoms with E-state index in [2.05, 4.69) is 12.1 Å². The van der Waals surface area contributed by atoms with E-state index >= 15 is 0 Å². The highest BCUT2D eigenvalue weighted by Gasteiger charge is 2.33. The molecule has 0 radical (unpaired) electrons. The van der Waals surface area contributed by atoms with Gasteiger partial charge in [0.05, 0.1) is 28.3 Å². The number of hydrogen-bond acceptors (Lipinski definition) is 7. The van der Waals surface area contributed by atoms with E-state index in [0.717, 1.165) is 34.5 Å². The number of likely N-dealkylation sites (N-methyl/N-ethyl adjacent to an activating group) is 1. The lowest BCUT2D eigenvalue weighted by Crippen LogP contribution is -2.40. The van der Waals surface area contributed by atoms with E-state index in [1.54, 1.807) is 18.4 Å². The largest absolute Gasteiger partial charge is 0.452 e. The summed E-state index contributed by atoms with van der Waals surface area (Å²) in [7, 11) is -1.56. The molecule has 5 rings (SSSR count). The highest BCUT2D eigenvalue weighted by atomic mass is 32.2. The van der Waals surface area contributed by atoms with Gasteiger partial charge in [-0.1, -0.05) is 24.3 Å². The second-order valence-corrected chi connectivity index (χ2v) is 12.2. The summed E-state index contributed by atoms with van der Waals surface area (Å²) < 4.78 is 29.1. The minimum atomic E-state index is -3.12. The van der Waals surface area contributed by atoms with Crippen LogP contribution >= 0.6 is 11.3 Å². The van der Waals surface area contributed by atoms with Gasteiger partial charge >= 0.3 is 5.97 Å². The number of fused-ring (bicyclic) bond motifs is 2. The number of ether oxygens (including phenoxy) is 1. The van der Waals surface area contributed by atoms with Crippen molar-refractivity contribution in [2.75, 3.05) is 25.2 Å².